The minimum Gasteiger partial charge on any atom is -0.528 e. The molecule has 4 aromatic rings. The molecule has 0 aliphatic rings. The molecule has 0 saturated carbocycles. The Labute approximate surface area is 172 Å². The highest BCUT2D eigenvalue weighted by molar-refractivity contribution is 6.22. The van der Waals surface area contributed by atoms with Crippen molar-refractivity contribution in [2.75, 3.05) is 38.0 Å². The molecule has 5 heteroatoms. The molecule has 0 amide bonds. The summed E-state index contributed by atoms with van der Waals surface area (Å²) >= 11 is 0. The fraction of sp³-hybridized carbons (Fsp3) is 0.167. The van der Waals surface area contributed by atoms with Gasteiger partial charge in [-0.1, -0.05) is 48.5 Å². The normalized spacial score (nSPS) is 10.8. The standard InChI is InChI=1S/C24H25BN2O2/c1-26(2)21-13-15-23(19-11-7-5-9-17(19)21)28-25-29-24-16-14-22(27(3)4)18-10-6-8-12-20(18)24/h5-16,25H,1-4H3. The van der Waals surface area contributed by atoms with Crippen molar-refractivity contribution in [2.45, 2.75) is 0 Å². The molecule has 0 fully saturated rings. The van der Waals surface area contributed by atoms with Gasteiger partial charge in [-0.25, -0.2) is 0 Å². The molecule has 0 N–H and O–H groups in total. The van der Waals surface area contributed by atoms with Crippen LogP contribution in [0, 0.1) is 0 Å². The summed E-state index contributed by atoms with van der Waals surface area (Å²) in [5.41, 5.74) is 2.33. The lowest BCUT2D eigenvalue weighted by atomic mass is 10.1. The molecule has 0 bridgehead atoms. The molecular weight excluding hydrogens is 359 g/mol. The van der Waals surface area contributed by atoms with Crippen LogP contribution in [0.2, 0.25) is 0 Å². The van der Waals surface area contributed by atoms with Gasteiger partial charge in [-0.3, -0.25) is 0 Å². The highest BCUT2D eigenvalue weighted by Gasteiger charge is 2.11. The van der Waals surface area contributed by atoms with E-state index in [1.165, 1.54) is 11.4 Å². The smallest absolute Gasteiger partial charge is 0.528 e. The maximum absolute atomic E-state index is 6.03. The zero-order valence-corrected chi connectivity index (χ0v) is 17.3. The van der Waals surface area contributed by atoms with E-state index in [1.54, 1.807) is 0 Å². The Bertz CT molecular complexity index is 1070. The topological polar surface area (TPSA) is 24.9 Å². The van der Waals surface area contributed by atoms with E-state index in [1.807, 2.05) is 64.6 Å². The van der Waals surface area contributed by atoms with Gasteiger partial charge in [-0.15, -0.1) is 0 Å². The quantitative estimate of drug-likeness (QED) is 0.444. The second kappa shape index (κ2) is 7.96. The SMILES string of the molecule is CN(C)c1ccc(OBOc2ccc(N(C)C)c3ccccc23)c2ccccc12. The lowest BCUT2D eigenvalue weighted by Gasteiger charge is -2.19. The zero-order chi connectivity index (χ0) is 20.4. The van der Waals surface area contributed by atoms with E-state index >= 15 is 0 Å². The van der Waals surface area contributed by atoms with Gasteiger partial charge in [0.05, 0.1) is 0 Å². The molecule has 0 aromatic heterocycles. The number of fused-ring (bicyclic) bond motifs is 2. The van der Waals surface area contributed by atoms with Crippen LogP contribution in [-0.4, -0.2) is 35.9 Å². The van der Waals surface area contributed by atoms with Crippen molar-refractivity contribution in [1.82, 2.24) is 0 Å². The predicted molar refractivity (Wildman–Crippen MR) is 125 cm³/mol. The van der Waals surface area contributed by atoms with Gasteiger partial charge in [0.25, 0.3) is 0 Å². The molecule has 0 atom stereocenters. The second-order valence-corrected chi connectivity index (χ2v) is 7.45. The second-order valence-electron chi connectivity index (χ2n) is 7.45. The molecule has 0 aliphatic carbocycles. The van der Waals surface area contributed by atoms with Gasteiger partial charge in [0.1, 0.15) is 11.5 Å². The van der Waals surface area contributed by atoms with E-state index in [9.17, 15) is 0 Å². The van der Waals surface area contributed by atoms with Gasteiger partial charge < -0.3 is 19.1 Å². The monoisotopic (exact) mass is 384 g/mol. The Morgan fingerprint density at radius 1 is 0.517 bits per heavy atom. The molecule has 0 radical (unpaired) electrons. The van der Waals surface area contributed by atoms with Crippen molar-refractivity contribution in [3.8, 4) is 11.5 Å². The molecule has 0 unspecified atom stereocenters. The van der Waals surface area contributed by atoms with Crippen molar-refractivity contribution in [1.29, 1.82) is 0 Å². The highest BCUT2D eigenvalue weighted by Crippen LogP contribution is 2.34. The van der Waals surface area contributed by atoms with Crippen LogP contribution in [0.5, 0.6) is 11.5 Å². The van der Waals surface area contributed by atoms with Crippen LogP contribution in [0.3, 0.4) is 0 Å². The summed E-state index contributed by atoms with van der Waals surface area (Å²) < 4.78 is 12.1. The number of nitrogens with zero attached hydrogens (tertiary/aromatic N) is 2. The molecular formula is C24H25BN2O2. The van der Waals surface area contributed by atoms with E-state index in [-0.39, 0.29) is 7.69 Å². The molecule has 146 valence electrons. The van der Waals surface area contributed by atoms with Crippen LogP contribution in [0.15, 0.2) is 72.8 Å². The summed E-state index contributed by atoms with van der Waals surface area (Å²) in [7, 11) is 8.35. The Kier molecular flexibility index (Phi) is 5.21. The fourth-order valence-electron chi connectivity index (χ4n) is 3.70. The Balaban J connectivity index is 1.59. The lowest BCUT2D eigenvalue weighted by Crippen LogP contribution is -2.13. The van der Waals surface area contributed by atoms with Gasteiger partial charge in [-0.2, -0.15) is 0 Å². The molecule has 0 spiro atoms. The van der Waals surface area contributed by atoms with Crippen LogP contribution < -0.4 is 19.1 Å². The van der Waals surface area contributed by atoms with Crippen molar-refractivity contribution in [3.05, 3.63) is 72.8 Å². The summed E-state index contributed by atoms with van der Waals surface area (Å²) in [6.07, 6.45) is 0. The first-order chi connectivity index (χ1) is 14.1. The summed E-state index contributed by atoms with van der Waals surface area (Å²) in [5, 5.41) is 4.48. The number of hydrogen-bond acceptors (Lipinski definition) is 4. The average molecular weight is 384 g/mol. The van der Waals surface area contributed by atoms with E-state index < -0.39 is 0 Å². The largest absolute Gasteiger partial charge is 0.576 e. The maximum Gasteiger partial charge on any atom is 0.576 e. The fourth-order valence-corrected chi connectivity index (χ4v) is 3.70. The summed E-state index contributed by atoms with van der Waals surface area (Å²) in [4.78, 5) is 4.22. The Morgan fingerprint density at radius 2 is 0.897 bits per heavy atom. The number of rotatable bonds is 6. The molecule has 4 nitrogen and oxygen atoms in total. The minimum absolute atomic E-state index is 0.149. The molecule has 0 heterocycles. The zero-order valence-electron chi connectivity index (χ0n) is 17.3. The Morgan fingerprint density at radius 3 is 1.28 bits per heavy atom. The van der Waals surface area contributed by atoms with Crippen LogP contribution in [0.4, 0.5) is 11.4 Å². The van der Waals surface area contributed by atoms with E-state index in [4.69, 9.17) is 9.31 Å². The molecule has 4 aromatic carbocycles. The summed E-state index contributed by atoms with van der Waals surface area (Å²) in [6.45, 7) is 0. The molecule has 0 aliphatic heterocycles. The molecule has 0 saturated heterocycles. The van der Waals surface area contributed by atoms with Crippen LogP contribution in [0.1, 0.15) is 0 Å². The first-order valence-corrected chi connectivity index (χ1v) is 9.70. The van der Waals surface area contributed by atoms with Gasteiger partial charge in [0.15, 0.2) is 0 Å². The average Bonchev–Trinajstić information content (AvgIpc) is 2.73. The summed E-state index contributed by atoms with van der Waals surface area (Å²) in [5.74, 6) is 1.64. The van der Waals surface area contributed by atoms with Gasteiger partial charge in [0, 0.05) is 61.1 Å². The van der Waals surface area contributed by atoms with Gasteiger partial charge in [0.2, 0.25) is 0 Å². The number of benzene rings is 4. The van der Waals surface area contributed by atoms with Gasteiger partial charge in [-0.05, 0) is 24.3 Å². The predicted octanol–water partition coefficient (Wildman–Crippen LogP) is 4.85. The van der Waals surface area contributed by atoms with Crippen molar-refractivity contribution >= 4 is 40.6 Å². The molecule has 4 rings (SSSR count). The van der Waals surface area contributed by atoms with Crippen LogP contribution in [0.25, 0.3) is 21.5 Å². The third kappa shape index (κ3) is 3.68. The third-order valence-electron chi connectivity index (χ3n) is 5.11. The van der Waals surface area contributed by atoms with Gasteiger partial charge >= 0.3 is 7.69 Å². The van der Waals surface area contributed by atoms with E-state index in [2.05, 4.69) is 46.2 Å². The minimum atomic E-state index is 0.149. The van der Waals surface area contributed by atoms with E-state index in [0.717, 1.165) is 33.0 Å². The van der Waals surface area contributed by atoms with E-state index in [0.29, 0.717) is 0 Å². The summed E-state index contributed by atoms with van der Waals surface area (Å²) in [6, 6.07) is 24.7. The first kappa shape index (κ1) is 19.0. The first-order valence-electron chi connectivity index (χ1n) is 9.70. The van der Waals surface area contributed by atoms with Crippen molar-refractivity contribution in [2.24, 2.45) is 0 Å². The lowest BCUT2D eigenvalue weighted by molar-refractivity contribution is 0.465. The number of hydrogen-bond donors (Lipinski definition) is 0. The molecule has 29 heavy (non-hydrogen) atoms. The van der Waals surface area contributed by atoms with Crippen LogP contribution in [-0.2, 0) is 0 Å². The maximum atomic E-state index is 6.03. The van der Waals surface area contributed by atoms with Crippen molar-refractivity contribution < 1.29 is 9.31 Å². The van der Waals surface area contributed by atoms with Crippen molar-refractivity contribution in [3.63, 3.8) is 0 Å². The highest BCUT2D eigenvalue weighted by atomic mass is 16.6. The number of anilines is 2. The Hall–Kier alpha value is -3.34. The van der Waals surface area contributed by atoms with Crippen LogP contribution >= 0.6 is 0 Å². The third-order valence-corrected chi connectivity index (χ3v) is 5.11.